The molecule has 1 aromatic carbocycles. The molecule has 0 saturated carbocycles. The van der Waals surface area contributed by atoms with Crippen LogP contribution in [0.15, 0.2) is 18.2 Å². The third-order valence-electron chi connectivity index (χ3n) is 1.59. The van der Waals surface area contributed by atoms with E-state index in [1.807, 2.05) is 0 Å². The minimum Gasteiger partial charge on any atom is -0.477 e. The molecule has 0 heterocycles. The van der Waals surface area contributed by atoms with Gasteiger partial charge in [-0.05, 0) is 12.1 Å². The van der Waals surface area contributed by atoms with Gasteiger partial charge in [-0.3, -0.25) is 10.1 Å². The van der Waals surface area contributed by atoms with Crippen molar-refractivity contribution in [3.8, 4) is 12.3 Å². The smallest absolute Gasteiger partial charge is 0.342 e. The summed E-state index contributed by atoms with van der Waals surface area (Å²) in [6.07, 6.45) is 5.03. The molecule has 0 bridgehead atoms. The molecule has 5 heteroatoms. The molecule has 0 atom stereocenters. The predicted molar refractivity (Wildman–Crippen MR) is 48.0 cm³/mol. The lowest BCUT2D eigenvalue weighted by molar-refractivity contribution is -0.385. The third kappa shape index (κ3) is 1.69. The highest BCUT2D eigenvalue weighted by molar-refractivity contribution is 5.92. The number of nitrogens with zero attached hydrogens (tertiary/aromatic N) is 1. The van der Waals surface area contributed by atoms with Crippen molar-refractivity contribution in [1.29, 1.82) is 0 Å². The van der Waals surface area contributed by atoms with Gasteiger partial charge in [-0.1, -0.05) is 5.92 Å². The molecule has 0 fully saturated rings. The maximum atomic E-state index is 10.6. The molecule has 0 saturated heterocycles. The predicted octanol–water partition coefficient (Wildman–Crippen LogP) is 1.27. The van der Waals surface area contributed by atoms with Crippen molar-refractivity contribution in [3.63, 3.8) is 0 Å². The van der Waals surface area contributed by atoms with Crippen LogP contribution in [0, 0.1) is 22.5 Å². The molecule has 0 aliphatic carbocycles. The van der Waals surface area contributed by atoms with Crippen molar-refractivity contribution >= 4 is 11.7 Å². The van der Waals surface area contributed by atoms with E-state index in [2.05, 4.69) is 5.92 Å². The second-order valence-corrected chi connectivity index (χ2v) is 2.44. The van der Waals surface area contributed by atoms with Gasteiger partial charge in [-0.2, -0.15) is 0 Å². The Morgan fingerprint density at radius 3 is 2.64 bits per heavy atom. The number of benzene rings is 1. The zero-order valence-corrected chi connectivity index (χ0v) is 6.93. The van der Waals surface area contributed by atoms with E-state index in [9.17, 15) is 14.9 Å². The Labute approximate surface area is 79.1 Å². The van der Waals surface area contributed by atoms with Gasteiger partial charge < -0.3 is 5.11 Å². The normalized spacial score (nSPS) is 9.07. The topological polar surface area (TPSA) is 80.4 Å². The summed E-state index contributed by atoms with van der Waals surface area (Å²) in [6.45, 7) is 0. The molecule has 1 aromatic rings. The van der Waals surface area contributed by atoms with Crippen LogP contribution >= 0.6 is 0 Å². The molecule has 1 N–H and O–H groups in total. The number of hydrogen-bond acceptors (Lipinski definition) is 3. The number of carbonyl (C=O) groups is 1. The molecule has 0 radical (unpaired) electrons. The van der Waals surface area contributed by atoms with Gasteiger partial charge in [0.05, 0.1) is 4.92 Å². The van der Waals surface area contributed by atoms with E-state index in [1.54, 1.807) is 0 Å². The van der Waals surface area contributed by atoms with Crippen LogP contribution < -0.4 is 0 Å². The van der Waals surface area contributed by atoms with Gasteiger partial charge in [0.2, 0.25) is 0 Å². The average Bonchev–Trinajstić information content (AvgIpc) is 2.16. The first-order valence-corrected chi connectivity index (χ1v) is 3.54. The zero-order valence-electron chi connectivity index (χ0n) is 6.93. The van der Waals surface area contributed by atoms with E-state index in [0.717, 1.165) is 12.1 Å². The highest BCUT2D eigenvalue weighted by Crippen LogP contribution is 2.19. The SMILES string of the molecule is C#Cc1ccc([N+](=O)[O-])c(C(=O)O)c1. The van der Waals surface area contributed by atoms with Gasteiger partial charge in [-0.15, -0.1) is 6.42 Å². The summed E-state index contributed by atoms with van der Waals surface area (Å²) in [5, 5.41) is 19.1. The lowest BCUT2D eigenvalue weighted by atomic mass is 10.1. The molecule has 0 aliphatic heterocycles. The fourth-order valence-corrected chi connectivity index (χ4v) is 0.956. The fraction of sp³-hybridized carbons (Fsp3) is 0. The minimum absolute atomic E-state index is 0.299. The second-order valence-electron chi connectivity index (χ2n) is 2.44. The van der Waals surface area contributed by atoms with Gasteiger partial charge >= 0.3 is 5.97 Å². The first-order chi connectivity index (χ1) is 6.56. The average molecular weight is 191 g/mol. The monoisotopic (exact) mass is 191 g/mol. The number of hydrogen-bond donors (Lipinski definition) is 1. The van der Waals surface area contributed by atoms with Gasteiger partial charge in [0.1, 0.15) is 5.56 Å². The number of nitro groups is 1. The number of carboxylic acids is 1. The Kier molecular flexibility index (Phi) is 2.49. The van der Waals surface area contributed by atoms with Crippen molar-refractivity contribution < 1.29 is 14.8 Å². The summed E-state index contributed by atoms with van der Waals surface area (Å²) in [4.78, 5) is 20.3. The molecule has 0 unspecified atom stereocenters. The maximum Gasteiger partial charge on any atom is 0.342 e. The van der Waals surface area contributed by atoms with Gasteiger partial charge in [0.15, 0.2) is 0 Å². The van der Waals surface area contributed by atoms with Crippen molar-refractivity contribution in [1.82, 2.24) is 0 Å². The number of terminal acetylenes is 1. The van der Waals surface area contributed by atoms with Crippen LogP contribution in [0.4, 0.5) is 5.69 Å². The standard InChI is InChI=1S/C9H5NO4/c1-2-6-3-4-8(10(13)14)7(5-6)9(11)12/h1,3-5H,(H,11,12). The largest absolute Gasteiger partial charge is 0.477 e. The molecule has 70 valence electrons. The van der Waals surface area contributed by atoms with Crippen LogP contribution in [0.1, 0.15) is 15.9 Å². The van der Waals surface area contributed by atoms with E-state index < -0.39 is 22.1 Å². The van der Waals surface area contributed by atoms with Crippen LogP contribution in [-0.2, 0) is 0 Å². The van der Waals surface area contributed by atoms with Crippen LogP contribution in [-0.4, -0.2) is 16.0 Å². The van der Waals surface area contributed by atoms with Gasteiger partial charge in [0.25, 0.3) is 5.69 Å². The molecule has 14 heavy (non-hydrogen) atoms. The molecular formula is C9H5NO4. The maximum absolute atomic E-state index is 10.6. The lowest BCUT2D eigenvalue weighted by Gasteiger charge is -1.97. The van der Waals surface area contributed by atoms with E-state index >= 15 is 0 Å². The van der Waals surface area contributed by atoms with Gasteiger partial charge in [0, 0.05) is 11.6 Å². The van der Waals surface area contributed by atoms with Crippen molar-refractivity contribution in [2.24, 2.45) is 0 Å². The summed E-state index contributed by atoms with van der Waals surface area (Å²) in [6, 6.07) is 3.50. The Morgan fingerprint density at radius 1 is 1.57 bits per heavy atom. The highest BCUT2D eigenvalue weighted by atomic mass is 16.6. The van der Waals surface area contributed by atoms with Crippen molar-refractivity contribution in [2.75, 3.05) is 0 Å². The van der Waals surface area contributed by atoms with E-state index in [4.69, 9.17) is 11.5 Å². The Bertz CT molecular complexity index is 445. The van der Waals surface area contributed by atoms with Crippen LogP contribution in [0.3, 0.4) is 0 Å². The molecule has 1 rings (SSSR count). The first-order valence-electron chi connectivity index (χ1n) is 3.54. The zero-order chi connectivity index (χ0) is 10.7. The molecular weight excluding hydrogens is 186 g/mol. The first kappa shape index (κ1) is 9.74. The summed E-state index contributed by atoms with van der Waals surface area (Å²) in [5.74, 6) is 0.836. The minimum atomic E-state index is -1.37. The van der Waals surface area contributed by atoms with E-state index in [-0.39, 0.29) is 0 Å². The summed E-state index contributed by atoms with van der Waals surface area (Å²) in [7, 11) is 0. The van der Waals surface area contributed by atoms with E-state index in [0.29, 0.717) is 5.56 Å². The van der Waals surface area contributed by atoms with Gasteiger partial charge in [-0.25, -0.2) is 4.79 Å². The highest BCUT2D eigenvalue weighted by Gasteiger charge is 2.19. The van der Waals surface area contributed by atoms with Crippen LogP contribution in [0.25, 0.3) is 0 Å². The summed E-state index contributed by atoms with van der Waals surface area (Å²) >= 11 is 0. The summed E-state index contributed by atoms with van der Waals surface area (Å²) < 4.78 is 0. The molecule has 0 aromatic heterocycles. The summed E-state index contributed by atoms with van der Waals surface area (Å²) in [5.41, 5.74) is -0.560. The number of carboxylic acid groups (broad SMARTS) is 1. The number of aromatic carboxylic acids is 1. The van der Waals surface area contributed by atoms with Crippen molar-refractivity contribution in [2.45, 2.75) is 0 Å². The van der Waals surface area contributed by atoms with Crippen LogP contribution in [0.5, 0.6) is 0 Å². The molecule has 0 spiro atoms. The fourth-order valence-electron chi connectivity index (χ4n) is 0.956. The molecule has 5 nitrogen and oxygen atoms in total. The lowest BCUT2D eigenvalue weighted by Crippen LogP contribution is -2.02. The van der Waals surface area contributed by atoms with E-state index in [1.165, 1.54) is 6.07 Å². The Hall–Kier alpha value is -2.35. The Balaban J connectivity index is 3.40. The second kappa shape index (κ2) is 3.58. The molecule has 0 aliphatic rings. The number of nitro benzene ring substituents is 1. The third-order valence-corrected chi connectivity index (χ3v) is 1.59. The Morgan fingerprint density at radius 2 is 2.21 bits per heavy atom. The van der Waals surface area contributed by atoms with Crippen LogP contribution in [0.2, 0.25) is 0 Å². The van der Waals surface area contributed by atoms with Crippen molar-refractivity contribution in [3.05, 3.63) is 39.4 Å². The molecule has 0 amide bonds. The number of rotatable bonds is 2. The quantitative estimate of drug-likeness (QED) is 0.433.